The van der Waals surface area contributed by atoms with E-state index in [4.69, 9.17) is 11.5 Å². The number of nitrogens with two attached hydrogens (primary N) is 2. The van der Waals surface area contributed by atoms with E-state index < -0.39 is 15.9 Å². The predicted octanol–water partition coefficient (Wildman–Crippen LogP) is -0.516. The molecule has 5 N–H and O–H groups in total. The molecule has 0 aliphatic heterocycles. The minimum Gasteiger partial charge on any atom is -0.398 e. The lowest BCUT2D eigenvalue weighted by molar-refractivity contribution is -0.117. The molecule has 1 aromatic rings. The van der Waals surface area contributed by atoms with Crippen LogP contribution in [0, 0.1) is 0 Å². The fourth-order valence-electron chi connectivity index (χ4n) is 0.851. The highest BCUT2D eigenvalue weighted by atomic mass is 32.2. The van der Waals surface area contributed by atoms with Gasteiger partial charge in [-0.1, -0.05) is 0 Å². The lowest BCUT2D eigenvalue weighted by atomic mass is 10.4. The van der Waals surface area contributed by atoms with Gasteiger partial charge in [0.05, 0.1) is 0 Å². The van der Waals surface area contributed by atoms with Gasteiger partial charge >= 0.3 is 0 Å². The van der Waals surface area contributed by atoms with Gasteiger partial charge in [0.25, 0.3) is 0 Å². The van der Waals surface area contributed by atoms with Gasteiger partial charge in [0.15, 0.2) is 0 Å². The van der Waals surface area contributed by atoms with E-state index in [0.717, 1.165) is 11.3 Å². The highest BCUT2D eigenvalue weighted by molar-refractivity contribution is 7.91. The molecule has 15 heavy (non-hydrogen) atoms. The Morgan fingerprint density at radius 1 is 1.53 bits per heavy atom. The van der Waals surface area contributed by atoms with Gasteiger partial charge in [-0.15, -0.1) is 11.3 Å². The average molecular weight is 249 g/mol. The zero-order valence-corrected chi connectivity index (χ0v) is 9.40. The van der Waals surface area contributed by atoms with Crippen LogP contribution in [0.1, 0.15) is 6.42 Å². The summed E-state index contributed by atoms with van der Waals surface area (Å²) in [6.45, 7) is -0.00449. The Kier molecular flexibility index (Phi) is 3.66. The highest BCUT2D eigenvalue weighted by Crippen LogP contribution is 2.20. The minimum absolute atomic E-state index is 0.00449. The fourth-order valence-corrected chi connectivity index (χ4v) is 3.01. The Bertz CT molecular complexity index is 452. The number of hydrogen-bond acceptors (Lipinski definition) is 5. The normalized spacial score (nSPS) is 11.5. The smallest absolute Gasteiger partial charge is 0.250 e. The predicted molar refractivity (Wildman–Crippen MR) is 57.7 cm³/mol. The molecule has 0 aliphatic carbocycles. The van der Waals surface area contributed by atoms with Crippen molar-refractivity contribution in [3.05, 3.63) is 11.4 Å². The third-order valence-corrected chi connectivity index (χ3v) is 4.44. The molecule has 1 amide bonds. The first-order valence-electron chi connectivity index (χ1n) is 4.04. The lowest BCUT2D eigenvalue weighted by Crippen LogP contribution is -2.27. The summed E-state index contributed by atoms with van der Waals surface area (Å²) in [4.78, 5) is 10.4. The van der Waals surface area contributed by atoms with Crippen molar-refractivity contribution in [1.29, 1.82) is 0 Å². The molecule has 84 valence electrons. The summed E-state index contributed by atoms with van der Waals surface area (Å²) in [5.41, 5.74) is 10.7. The van der Waals surface area contributed by atoms with E-state index in [9.17, 15) is 13.2 Å². The molecule has 0 bridgehead atoms. The highest BCUT2D eigenvalue weighted by Gasteiger charge is 2.15. The van der Waals surface area contributed by atoms with Crippen LogP contribution in [0.5, 0.6) is 0 Å². The number of sulfonamides is 1. The van der Waals surface area contributed by atoms with Gasteiger partial charge in [0, 0.05) is 24.0 Å². The van der Waals surface area contributed by atoms with Crippen LogP contribution in [-0.4, -0.2) is 20.9 Å². The molecule has 0 unspecified atom stereocenters. The number of amides is 1. The third-order valence-electron chi connectivity index (χ3n) is 1.52. The SMILES string of the molecule is NC(=O)CCNS(=O)(=O)c1cc(N)cs1. The van der Waals surface area contributed by atoms with E-state index in [1.807, 2.05) is 0 Å². The second-order valence-corrected chi connectivity index (χ2v) is 5.72. The zero-order chi connectivity index (χ0) is 11.5. The van der Waals surface area contributed by atoms with Crippen molar-refractivity contribution in [3.63, 3.8) is 0 Å². The average Bonchev–Trinajstić information content (AvgIpc) is 2.51. The van der Waals surface area contributed by atoms with Crippen molar-refractivity contribution in [3.8, 4) is 0 Å². The molecule has 0 fully saturated rings. The molecule has 0 aromatic carbocycles. The summed E-state index contributed by atoms with van der Waals surface area (Å²) in [5, 5.41) is 1.53. The Balaban J connectivity index is 2.64. The number of nitrogen functional groups attached to an aromatic ring is 1. The first-order chi connectivity index (χ1) is 6.92. The second-order valence-electron chi connectivity index (χ2n) is 2.81. The second kappa shape index (κ2) is 4.60. The third kappa shape index (κ3) is 3.50. The van der Waals surface area contributed by atoms with Gasteiger partial charge in [-0.3, -0.25) is 4.79 Å². The number of rotatable bonds is 5. The van der Waals surface area contributed by atoms with Gasteiger partial charge in [-0.2, -0.15) is 0 Å². The molecule has 0 saturated carbocycles. The van der Waals surface area contributed by atoms with Crippen molar-refractivity contribution in [1.82, 2.24) is 4.72 Å². The quantitative estimate of drug-likeness (QED) is 0.651. The monoisotopic (exact) mass is 249 g/mol. The first kappa shape index (κ1) is 12.0. The summed E-state index contributed by atoms with van der Waals surface area (Å²) in [6.07, 6.45) is -0.0277. The fraction of sp³-hybridized carbons (Fsp3) is 0.286. The van der Waals surface area contributed by atoms with Gasteiger partial charge in [0.1, 0.15) is 4.21 Å². The van der Waals surface area contributed by atoms with Crippen LogP contribution in [-0.2, 0) is 14.8 Å². The lowest BCUT2D eigenvalue weighted by Gasteiger charge is -2.02. The van der Waals surface area contributed by atoms with Crippen molar-refractivity contribution >= 4 is 33.0 Å². The number of thiophene rings is 1. The van der Waals surface area contributed by atoms with Crippen LogP contribution in [0.25, 0.3) is 0 Å². The van der Waals surface area contributed by atoms with Gasteiger partial charge in [-0.05, 0) is 6.07 Å². The van der Waals surface area contributed by atoms with E-state index in [2.05, 4.69) is 4.72 Å². The number of anilines is 1. The Hall–Kier alpha value is -1.12. The number of carbonyl (C=O) groups is 1. The zero-order valence-electron chi connectivity index (χ0n) is 7.76. The summed E-state index contributed by atoms with van der Waals surface area (Å²) in [7, 11) is -3.55. The van der Waals surface area contributed by atoms with E-state index >= 15 is 0 Å². The standard InChI is InChI=1S/C7H11N3O3S2/c8-5-3-7(14-4-5)15(12,13)10-2-1-6(9)11/h3-4,10H,1-2,8H2,(H2,9,11). The topological polar surface area (TPSA) is 115 Å². The van der Waals surface area contributed by atoms with E-state index in [-0.39, 0.29) is 17.2 Å². The van der Waals surface area contributed by atoms with Crippen LogP contribution in [0.3, 0.4) is 0 Å². The molecule has 0 saturated heterocycles. The number of carbonyl (C=O) groups excluding carboxylic acids is 1. The molecule has 0 radical (unpaired) electrons. The molecule has 6 nitrogen and oxygen atoms in total. The number of hydrogen-bond donors (Lipinski definition) is 3. The molecule has 0 atom stereocenters. The number of primary amides is 1. The molecule has 8 heteroatoms. The molecule has 1 rings (SSSR count). The molecule has 1 aromatic heterocycles. The molecule has 0 spiro atoms. The molecule has 1 heterocycles. The van der Waals surface area contributed by atoms with Crippen molar-refractivity contribution in [2.45, 2.75) is 10.6 Å². The van der Waals surface area contributed by atoms with Crippen LogP contribution in [0.15, 0.2) is 15.7 Å². The summed E-state index contributed by atoms with van der Waals surface area (Å²) >= 11 is 1.02. The first-order valence-corrected chi connectivity index (χ1v) is 6.40. The maximum atomic E-state index is 11.5. The van der Waals surface area contributed by atoms with Crippen LogP contribution in [0.4, 0.5) is 5.69 Å². The maximum absolute atomic E-state index is 11.5. The molecular weight excluding hydrogens is 238 g/mol. The Morgan fingerprint density at radius 3 is 2.67 bits per heavy atom. The minimum atomic E-state index is -3.55. The van der Waals surface area contributed by atoms with Crippen molar-refractivity contribution in [2.24, 2.45) is 5.73 Å². The van der Waals surface area contributed by atoms with Crippen LogP contribution >= 0.6 is 11.3 Å². The van der Waals surface area contributed by atoms with E-state index in [1.165, 1.54) is 11.4 Å². The van der Waals surface area contributed by atoms with Gasteiger partial charge < -0.3 is 11.5 Å². The van der Waals surface area contributed by atoms with Crippen LogP contribution < -0.4 is 16.2 Å². The van der Waals surface area contributed by atoms with Gasteiger partial charge in [0.2, 0.25) is 15.9 Å². The maximum Gasteiger partial charge on any atom is 0.250 e. The van der Waals surface area contributed by atoms with Gasteiger partial charge in [-0.25, -0.2) is 13.1 Å². The van der Waals surface area contributed by atoms with Crippen molar-refractivity contribution in [2.75, 3.05) is 12.3 Å². The van der Waals surface area contributed by atoms with E-state index in [0.29, 0.717) is 5.69 Å². The number of nitrogens with one attached hydrogen (secondary N) is 1. The molecule has 0 aliphatic rings. The largest absolute Gasteiger partial charge is 0.398 e. The summed E-state index contributed by atoms with van der Waals surface area (Å²) < 4.78 is 25.4. The Morgan fingerprint density at radius 2 is 2.20 bits per heavy atom. The Labute approximate surface area is 91.3 Å². The van der Waals surface area contributed by atoms with Crippen molar-refractivity contribution < 1.29 is 13.2 Å². The van der Waals surface area contributed by atoms with Crippen LogP contribution in [0.2, 0.25) is 0 Å². The summed E-state index contributed by atoms with van der Waals surface area (Å²) in [6, 6.07) is 1.36. The van der Waals surface area contributed by atoms with E-state index in [1.54, 1.807) is 0 Å². The summed E-state index contributed by atoms with van der Waals surface area (Å²) in [5.74, 6) is -0.552. The molecular formula is C7H11N3O3S2.